The molecule has 8 nitrogen and oxygen atoms in total. The van der Waals surface area contributed by atoms with Gasteiger partial charge in [0.25, 0.3) is 0 Å². The Kier molecular flexibility index (Phi) is 3.29. The summed E-state index contributed by atoms with van der Waals surface area (Å²) >= 11 is 0. The highest BCUT2D eigenvalue weighted by Gasteiger charge is 2.87. The molecule has 1 aliphatic heterocycles. The van der Waals surface area contributed by atoms with Crippen molar-refractivity contribution in [1.29, 1.82) is 0 Å². The molecule has 3 N–H and O–H groups in total. The standard InChI is InChI=1S/C16H14O8/c1-7-5-8(17)12(9(18)6-7)13(21)15-10(19)3-4-11(20)16(15,24-15)14(22)23-2/h3-6,11,17-18,20H,1-2H3. The number of rotatable bonds is 3. The van der Waals surface area contributed by atoms with Crippen molar-refractivity contribution in [2.75, 3.05) is 7.11 Å². The van der Waals surface area contributed by atoms with Gasteiger partial charge in [0.05, 0.1) is 7.11 Å². The number of ether oxygens (including phenoxy) is 2. The smallest absolute Gasteiger partial charge is 0.345 e. The van der Waals surface area contributed by atoms with Crippen molar-refractivity contribution in [3.8, 4) is 11.5 Å². The van der Waals surface area contributed by atoms with E-state index in [0.29, 0.717) is 5.56 Å². The molecule has 3 rings (SSSR count). The molecule has 1 aromatic rings. The molecule has 8 heteroatoms. The lowest BCUT2D eigenvalue weighted by Gasteiger charge is -2.22. The Labute approximate surface area is 135 Å². The van der Waals surface area contributed by atoms with Crippen molar-refractivity contribution in [1.82, 2.24) is 0 Å². The molecule has 24 heavy (non-hydrogen) atoms. The van der Waals surface area contributed by atoms with Gasteiger partial charge in [-0.15, -0.1) is 0 Å². The third-order valence-corrected chi connectivity index (χ3v) is 4.27. The number of hydrogen-bond donors (Lipinski definition) is 3. The fraction of sp³-hybridized carbons (Fsp3) is 0.312. The van der Waals surface area contributed by atoms with Crippen molar-refractivity contribution in [2.45, 2.75) is 24.2 Å². The first-order chi connectivity index (χ1) is 11.2. The quantitative estimate of drug-likeness (QED) is 0.299. The fourth-order valence-electron chi connectivity index (χ4n) is 3.09. The number of fused-ring (bicyclic) bond motifs is 1. The van der Waals surface area contributed by atoms with Crippen LogP contribution in [-0.2, 0) is 19.1 Å². The number of phenols is 2. The van der Waals surface area contributed by atoms with Crippen LogP contribution in [0.3, 0.4) is 0 Å². The fourth-order valence-corrected chi connectivity index (χ4v) is 3.09. The van der Waals surface area contributed by atoms with Gasteiger partial charge in [-0.3, -0.25) is 9.59 Å². The Morgan fingerprint density at radius 3 is 2.38 bits per heavy atom. The number of phenolic OH excluding ortho intramolecular Hbond substituents is 2. The number of aliphatic hydroxyl groups is 1. The highest BCUT2D eigenvalue weighted by molar-refractivity contribution is 6.30. The average Bonchev–Trinajstić information content (AvgIpc) is 3.23. The van der Waals surface area contributed by atoms with Crippen LogP contribution in [0.2, 0.25) is 0 Å². The largest absolute Gasteiger partial charge is 0.507 e. The van der Waals surface area contributed by atoms with E-state index in [1.165, 1.54) is 12.1 Å². The molecule has 0 amide bonds. The number of aryl methyl sites for hydroxylation is 1. The maximum Gasteiger partial charge on any atom is 0.345 e. The van der Waals surface area contributed by atoms with Gasteiger partial charge in [-0.25, -0.2) is 4.79 Å². The van der Waals surface area contributed by atoms with Crippen LogP contribution in [-0.4, -0.2) is 57.3 Å². The van der Waals surface area contributed by atoms with Crippen LogP contribution in [0.4, 0.5) is 0 Å². The number of aromatic hydroxyl groups is 2. The summed E-state index contributed by atoms with van der Waals surface area (Å²) in [4.78, 5) is 37.3. The van der Waals surface area contributed by atoms with Crippen molar-refractivity contribution < 1.29 is 39.2 Å². The zero-order chi connectivity index (χ0) is 17.9. The van der Waals surface area contributed by atoms with Gasteiger partial charge in [0.15, 0.2) is 5.78 Å². The first-order valence-electron chi connectivity index (χ1n) is 6.99. The molecule has 0 aromatic heterocycles. The normalized spacial score (nSPS) is 30.6. The van der Waals surface area contributed by atoms with Crippen molar-refractivity contribution in [3.05, 3.63) is 35.4 Å². The molecule has 1 saturated heterocycles. The van der Waals surface area contributed by atoms with E-state index in [1.807, 2.05) is 0 Å². The molecule has 1 heterocycles. The molecule has 0 bridgehead atoms. The van der Waals surface area contributed by atoms with Crippen LogP contribution in [0.25, 0.3) is 0 Å². The lowest BCUT2D eigenvalue weighted by atomic mass is 9.75. The molecule has 0 spiro atoms. The summed E-state index contributed by atoms with van der Waals surface area (Å²) in [7, 11) is 1.02. The summed E-state index contributed by atoms with van der Waals surface area (Å²) in [6.45, 7) is 1.58. The molecule has 0 saturated carbocycles. The highest BCUT2D eigenvalue weighted by atomic mass is 16.7. The molecule has 126 valence electrons. The van der Waals surface area contributed by atoms with E-state index in [9.17, 15) is 29.7 Å². The number of carbonyl (C=O) groups is 3. The Bertz CT molecular complexity index is 787. The lowest BCUT2D eigenvalue weighted by Crippen LogP contribution is -2.53. The second-order valence-corrected chi connectivity index (χ2v) is 5.69. The molecular weight excluding hydrogens is 320 g/mol. The predicted octanol–water partition coefficient (Wildman–Crippen LogP) is -0.230. The number of carbonyl (C=O) groups excluding carboxylic acids is 3. The van der Waals surface area contributed by atoms with Gasteiger partial charge < -0.3 is 24.8 Å². The van der Waals surface area contributed by atoms with E-state index in [1.54, 1.807) is 6.92 Å². The van der Waals surface area contributed by atoms with Gasteiger partial charge in [-0.2, -0.15) is 0 Å². The van der Waals surface area contributed by atoms with Gasteiger partial charge >= 0.3 is 5.97 Å². The summed E-state index contributed by atoms with van der Waals surface area (Å²) in [5, 5.41) is 30.1. The molecular formula is C16H14O8. The van der Waals surface area contributed by atoms with Gasteiger partial charge in [0.2, 0.25) is 17.0 Å². The average molecular weight is 334 g/mol. The maximum atomic E-state index is 12.9. The summed E-state index contributed by atoms with van der Waals surface area (Å²) in [5.74, 6) is -4.26. The van der Waals surface area contributed by atoms with Gasteiger partial charge in [0.1, 0.15) is 23.2 Å². The first-order valence-corrected chi connectivity index (χ1v) is 6.99. The summed E-state index contributed by atoms with van der Waals surface area (Å²) in [5.41, 5.74) is -4.69. The summed E-state index contributed by atoms with van der Waals surface area (Å²) in [6.07, 6.45) is 0.340. The van der Waals surface area contributed by atoms with Crippen LogP contribution in [0.1, 0.15) is 15.9 Å². The van der Waals surface area contributed by atoms with Crippen molar-refractivity contribution in [2.24, 2.45) is 0 Å². The Morgan fingerprint density at radius 1 is 1.25 bits per heavy atom. The van der Waals surface area contributed by atoms with Gasteiger partial charge in [0, 0.05) is 0 Å². The summed E-state index contributed by atoms with van der Waals surface area (Å²) < 4.78 is 9.73. The first kappa shape index (κ1) is 16.2. The summed E-state index contributed by atoms with van der Waals surface area (Å²) in [6, 6.07) is 2.43. The topological polar surface area (TPSA) is 134 Å². The van der Waals surface area contributed by atoms with E-state index in [4.69, 9.17) is 4.74 Å². The molecule has 1 fully saturated rings. The third kappa shape index (κ3) is 1.72. The number of ketones is 2. The maximum absolute atomic E-state index is 12.9. The number of hydrogen-bond acceptors (Lipinski definition) is 8. The monoisotopic (exact) mass is 334 g/mol. The second kappa shape index (κ2) is 4.89. The van der Waals surface area contributed by atoms with E-state index in [0.717, 1.165) is 19.3 Å². The van der Waals surface area contributed by atoms with Crippen LogP contribution in [0.15, 0.2) is 24.3 Å². The molecule has 1 aliphatic carbocycles. The highest BCUT2D eigenvalue weighted by Crippen LogP contribution is 2.57. The van der Waals surface area contributed by atoms with Gasteiger partial charge in [-0.1, -0.05) is 0 Å². The van der Waals surface area contributed by atoms with Crippen molar-refractivity contribution >= 4 is 17.5 Å². The molecule has 3 atom stereocenters. The zero-order valence-electron chi connectivity index (χ0n) is 12.8. The van der Waals surface area contributed by atoms with Crippen LogP contribution >= 0.6 is 0 Å². The van der Waals surface area contributed by atoms with Crippen LogP contribution in [0, 0.1) is 6.92 Å². The minimum absolute atomic E-state index is 0.477. The minimum atomic E-state index is -2.38. The Balaban J connectivity index is 2.18. The third-order valence-electron chi connectivity index (χ3n) is 4.27. The molecule has 3 unspecified atom stereocenters. The number of Topliss-reactive ketones (excluding diaryl/α,β-unsaturated/α-hetero) is 1. The minimum Gasteiger partial charge on any atom is -0.507 e. The van der Waals surface area contributed by atoms with E-state index >= 15 is 0 Å². The lowest BCUT2D eigenvalue weighted by molar-refractivity contribution is -0.150. The van der Waals surface area contributed by atoms with Crippen molar-refractivity contribution in [3.63, 3.8) is 0 Å². The number of benzene rings is 1. The zero-order valence-corrected chi connectivity index (χ0v) is 12.8. The van der Waals surface area contributed by atoms with Gasteiger partial charge in [-0.05, 0) is 36.8 Å². The second-order valence-electron chi connectivity index (χ2n) is 5.69. The molecule has 0 radical (unpaired) electrons. The number of methoxy groups -OCH3 is 1. The Hall–Kier alpha value is -2.71. The number of esters is 1. The number of epoxide rings is 1. The van der Waals surface area contributed by atoms with Crippen LogP contribution in [0.5, 0.6) is 11.5 Å². The molecule has 2 aliphatic rings. The SMILES string of the molecule is COC(=O)C12OC1(C(=O)c1c(O)cc(C)cc1O)C(=O)C=CC2O. The molecule has 1 aromatic carbocycles. The van der Waals surface area contributed by atoms with E-state index in [2.05, 4.69) is 4.74 Å². The van der Waals surface area contributed by atoms with E-state index in [-0.39, 0.29) is 0 Å². The Morgan fingerprint density at radius 2 is 1.83 bits per heavy atom. The van der Waals surface area contributed by atoms with Crippen LogP contribution < -0.4 is 0 Å². The predicted molar refractivity (Wildman–Crippen MR) is 77.6 cm³/mol. The van der Waals surface area contributed by atoms with E-state index < -0.39 is 51.9 Å². The number of aliphatic hydroxyl groups excluding tert-OH is 1.